The summed E-state index contributed by atoms with van der Waals surface area (Å²) in [6.07, 6.45) is 1.96. The van der Waals surface area contributed by atoms with Gasteiger partial charge in [0.2, 0.25) is 17.6 Å². The first-order valence-electron chi connectivity index (χ1n) is 14.8. The number of nitrogens with one attached hydrogen (secondary N) is 4. The van der Waals surface area contributed by atoms with Crippen molar-refractivity contribution in [1.82, 2.24) is 31.3 Å². The summed E-state index contributed by atoms with van der Waals surface area (Å²) in [5.41, 5.74) is 5.77. The minimum Gasteiger partial charge on any atom is -0.465 e. The zero-order valence-corrected chi connectivity index (χ0v) is 24.8. The van der Waals surface area contributed by atoms with E-state index in [4.69, 9.17) is 5.11 Å². The minimum absolute atomic E-state index is 0.183. The number of nitriles is 1. The van der Waals surface area contributed by atoms with Crippen molar-refractivity contribution in [3.05, 3.63) is 83.4 Å². The highest BCUT2D eigenvalue weighted by atomic mass is 16.4. The summed E-state index contributed by atoms with van der Waals surface area (Å²) in [6, 6.07) is 21.8. The molecule has 4 aromatic rings. The predicted molar refractivity (Wildman–Crippen MR) is 167 cm³/mol. The lowest BCUT2D eigenvalue weighted by Crippen LogP contribution is -2.48. The predicted octanol–water partition coefficient (Wildman–Crippen LogP) is 4.45. The Labute approximate surface area is 260 Å². The van der Waals surface area contributed by atoms with Crippen molar-refractivity contribution < 1.29 is 19.5 Å². The number of anilines is 1. The summed E-state index contributed by atoms with van der Waals surface area (Å²) >= 11 is 0. The largest absolute Gasteiger partial charge is 0.465 e. The molecule has 1 heterocycles. The van der Waals surface area contributed by atoms with Gasteiger partial charge in [0.1, 0.15) is 6.04 Å². The van der Waals surface area contributed by atoms with Crippen molar-refractivity contribution >= 4 is 23.6 Å². The zero-order chi connectivity index (χ0) is 31.8. The standard InChI is InChI=1S/C33H34N8O4/c1-20-16-23(18-34)6-15-28(20)24-7-2-21(3-8-24)17-29(37-31(42)26-9-4-22(5-10-26)19-35-33(44)45)32(43)36-27-13-11-25(12-14-27)30-38-40-41-39-30/h2-3,6-8,11-16,22,26,29,35H,4-5,9-10,17,19H2,1H3,(H,36,43)(H,37,42)(H,44,45)(H,38,39,40,41)/t22?,26?,29-/m0/s1. The molecule has 0 unspecified atom stereocenters. The smallest absolute Gasteiger partial charge is 0.404 e. The van der Waals surface area contributed by atoms with E-state index in [1.165, 1.54) is 0 Å². The summed E-state index contributed by atoms with van der Waals surface area (Å²) in [5.74, 6) is -0.152. The first-order valence-corrected chi connectivity index (χ1v) is 14.8. The molecule has 1 aliphatic carbocycles. The zero-order valence-electron chi connectivity index (χ0n) is 24.8. The number of aromatic nitrogens is 4. The number of nitrogens with zero attached hydrogens (tertiary/aromatic N) is 4. The number of carbonyl (C=O) groups is 3. The number of carboxylic acid groups (broad SMARTS) is 1. The number of H-pyrrole nitrogens is 1. The van der Waals surface area contributed by atoms with Crippen LogP contribution in [0, 0.1) is 30.1 Å². The van der Waals surface area contributed by atoms with Crippen molar-refractivity contribution in [2.75, 3.05) is 11.9 Å². The van der Waals surface area contributed by atoms with Crippen LogP contribution in [0.1, 0.15) is 42.4 Å². The van der Waals surface area contributed by atoms with Gasteiger partial charge in [0.05, 0.1) is 11.6 Å². The lowest BCUT2D eigenvalue weighted by Gasteiger charge is -2.29. The number of aromatic amines is 1. The Hall–Kier alpha value is -5.57. The van der Waals surface area contributed by atoms with Gasteiger partial charge < -0.3 is 21.1 Å². The van der Waals surface area contributed by atoms with Crippen LogP contribution in [0.4, 0.5) is 10.5 Å². The molecule has 3 aromatic carbocycles. The third-order valence-corrected chi connectivity index (χ3v) is 8.21. The lowest BCUT2D eigenvalue weighted by atomic mass is 9.81. The molecule has 3 amide bonds. The van der Waals surface area contributed by atoms with E-state index in [1.54, 1.807) is 30.3 Å². The van der Waals surface area contributed by atoms with Gasteiger partial charge in [-0.1, -0.05) is 30.3 Å². The second-order valence-electron chi connectivity index (χ2n) is 11.3. The summed E-state index contributed by atoms with van der Waals surface area (Å²) in [4.78, 5) is 37.8. The molecule has 1 saturated carbocycles. The Morgan fingerprint density at radius 3 is 2.33 bits per heavy atom. The fourth-order valence-electron chi connectivity index (χ4n) is 5.69. The molecule has 230 valence electrons. The second kappa shape index (κ2) is 14.3. The Morgan fingerprint density at radius 1 is 1.00 bits per heavy atom. The Morgan fingerprint density at radius 2 is 1.71 bits per heavy atom. The minimum atomic E-state index is -1.05. The number of carbonyl (C=O) groups excluding carboxylic acids is 2. The quantitative estimate of drug-likeness (QED) is 0.175. The highest BCUT2D eigenvalue weighted by Gasteiger charge is 2.30. The monoisotopic (exact) mass is 606 g/mol. The lowest BCUT2D eigenvalue weighted by molar-refractivity contribution is -0.130. The van der Waals surface area contributed by atoms with Crippen molar-refractivity contribution in [1.29, 1.82) is 5.26 Å². The molecule has 12 heteroatoms. The van der Waals surface area contributed by atoms with Gasteiger partial charge in [0.25, 0.3) is 0 Å². The topological polar surface area (TPSA) is 186 Å². The highest BCUT2D eigenvalue weighted by molar-refractivity contribution is 5.97. The Balaban J connectivity index is 1.29. The molecule has 12 nitrogen and oxygen atoms in total. The summed E-state index contributed by atoms with van der Waals surface area (Å²) < 4.78 is 0. The first kappa shape index (κ1) is 30.9. The molecule has 5 N–H and O–H groups in total. The fraction of sp³-hybridized carbons (Fsp3) is 0.303. The van der Waals surface area contributed by atoms with Crippen LogP contribution in [0.2, 0.25) is 0 Å². The van der Waals surface area contributed by atoms with Gasteiger partial charge in [-0.2, -0.15) is 10.5 Å². The van der Waals surface area contributed by atoms with Crippen molar-refractivity contribution in [3.63, 3.8) is 0 Å². The van der Waals surface area contributed by atoms with Crippen LogP contribution in [-0.2, 0) is 16.0 Å². The third-order valence-electron chi connectivity index (χ3n) is 8.21. The number of hydrogen-bond donors (Lipinski definition) is 5. The Kier molecular flexibility index (Phi) is 9.79. The van der Waals surface area contributed by atoms with Gasteiger partial charge in [-0.15, -0.1) is 10.2 Å². The van der Waals surface area contributed by atoms with Crippen LogP contribution in [0.25, 0.3) is 22.5 Å². The summed E-state index contributed by atoms with van der Waals surface area (Å²) in [5, 5.41) is 40.3. The van der Waals surface area contributed by atoms with E-state index in [0.717, 1.165) is 40.7 Å². The van der Waals surface area contributed by atoms with Gasteiger partial charge in [0, 0.05) is 30.1 Å². The van der Waals surface area contributed by atoms with Crippen LogP contribution >= 0.6 is 0 Å². The summed E-state index contributed by atoms with van der Waals surface area (Å²) in [6.45, 7) is 2.34. The second-order valence-corrected chi connectivity index (χ2v) is 11.3. The maximum Gasteiger partial charge on any atom is 0.404 e. The van der Waals surface area contributed by atoms with E-state index in [2.05, 4.69) is 42.6 Å². The van der Waals surface area contributed by atoms with Crippen molar-refractivity contribution in [2.24, 2.45) is 11.8 Å². The molecule has 1 aliphatic rings. The van der Waals surface area contributed by atoms with E-state index in [0.29, 0.717) is 36.5 Å². The molecular weight excluding hydrogens is 572 g/mol. The third kappa shape index (κ3) is 8.08. The molecular formula is C33H34N8O4. The molecule has 1 atom stereocenters. The van der Waals surface area contributed by atoms with Crippen LogP contribution < -0.4 is 16.0 Å². The average molecular weight is 607 g/mol. The van der Waals surface area contributed by atoms with E-state index >= 15 is 0 Å². The molecule has 0 saturated heterocycles. The molecule has 5 rings (SSSR count). The van der Waals surface area contributed by atoms with E-state index in [-0.39, 0.29) is 30.1 Å². The number of tetrazole rings is 1. The molecule has 1 fully saturated rings. The first-order chi connectivity index (χ1) is 21.8. The average Bonchev–Trinajstić information content (AvgIpc) is 3.60. The summed E-state index contributed by atoms with van der Waals surface area (Å²) in [7, 11) is 0. The van der Waals surface area contributed by atoms with Gasteiger partial charge in [-0.3, -0.25) is 9.59 Å². The van der Waals surface area contributed by atoms with Crippen LogP contribution in [0.5, 0.6) is 0 Å². The number of aryl methyl sites for hydroxylation is 1. The fourth-order valence-corrected chi connectivity index (χ4v) is 5.69. The van der Waals surface area contributed by atoms with Gasteiger partial charge in [0.15, 0.2) is 0 Å². The van der Waals surface area contributed by atoms with Gasteiger partial charge in [-0.05, 0) is 102 Å². The van der Waals surface area contributed by atoms with Crippen LogP contribution in [-0.4, -0.2) is 56.2 Å². The molecule has 0 radical (unpaired) electrons. The van der Waals surface area contributed by atoms with Crippen molar-refractivity contribution in [2.45, 2.75) is 45.1 Å². The number of amides is 3. The highest BCUT2D eigenvalue weighted by Crippen LogP contribution is 2.29. The molecule has 45 heavy (non-hydrogen) atoms. The number of rotatable bonds is 10. The molecule has 0 spiro atoms. The van der Waals surface area contributed by atoms with E-state index in [9.17, 15) is 19.6 Å². The van der Waals surface area contributed by atoms with Gasteiger partial charge in [-0.25, -0.2) is 4.79 Å². The maximum atomic E-state index is 13.6. The number of benzene rings is 3. The van der Waals surface area contributed by atoms with Crippen LogP contribution in [0.15, 0.2) is 66.7 Å². The van der Waals surface area contributed by atoms with Crippen LogP contribution in [0.3, 0.4) is 0 Å². The molecule has 0 bridgehead atoms. The van der Waals surface area contributed by atoms with E-state index < -0.39 is 12.1 Å². The SMILES string of the molecule is Cc1cc(C#N)ccc1-c1ccc(C[C@H](NC(=O)C2CCC(CNC(=O)O)CC2)C(=O)Nc2ccc(-c3nn[nH]n3)cc2)cc1. The van der Waals surface area contributed by atoms with E-state index in [1.807, 2.05) is 43.3 Å². The number of hydrogen-bond acceptors (Lipinski definition) is 7. The van der Waals surface area contributed by atoms with Crippen molar-refractivity contribution in [3.8, 4) is 28.6 Å². The maximum absolute atomic E-state index is 13.6. The Bertz CT molecular complexity index is 1670. The molecule has 0 aliphatic heterocycles. The normalized spacial score (nSPS) is 16.6. The molecule has 1 aromatic heterocycles. The van der Waals surface area contributed by atoms with Gasteiger partial charge >= 0.3 is 6.09 Å².